The van der Waals surface area contributed by atoms with E-state index in [2.05, 4.69) is 10.1 Å². The molecule has 0 aliphatic rings. The van der Waals surface area contributed by atoms with Crippen LogP contribution in [0.25, 0.3) is 11.5 Å². The Kier molecular flexibility index (Phi) is 4.13. The van der Waals surface area contributed by atoms with E-state index in [0.29, 0.717) is 28.2 Å². The van der Waals surface area contributed by atoms with Gasteiger partial charge >= 0.3 is 0 Å². The fraction of sp³-hybridized carbons (Fsp3) is 0.0667. The lowest BCUT2D eigenvalue weighted by Gasteiger charge is -2.05. The first-order valence-corrected chi connectivity index (χ1v) is 7.65. The molecule has 4 nitrogen and oxygen atoms in total. The van der Waals surface area contributed by atoms with Crippen LogP contribution in [-0.2, 0) is 5.75 Å². The van der Waals surface area contributed by atoms with Gasteiger partial charge in [0, 0.05) is 16.1 Å². The van der Waals surface area contributed by atoms with E-state index in [0.717, 1.165) is 10.5 Å². The largest absolute Gasteiger partial charge is 0.398 e. The minimum atomic E-state index is 0.512. The first-order chi connectivity index (χ1) is 10.2. The number of rotatable bonds is 4. The summed E-state index contributed by atoms with van der Waals surface area (Å²) in [7, 11) is 0. The summed E-state index contributed by atoms with van der Waals surface area (Å²) in [6.45, 7) is 0. The predicted octanol–water partition coefficient (Wildman–Crippen LogP) is 4.26. The van der Waals surface area contributed by atoms with Crippen LogP contribution in [0.2, 0.25) is 5.02 Å². The highest BCUT2D eigenvalue weighted by Gasteiger charge is 2.11. The molecule has 0 bridgehead atoms. The lowest BCUT2D eigenvalue weighted by atomic mass is 10.2. The molecule has 0 spiro atoms. The summed E-state index contributed by atoms with van der Waals surface area (Å²) in [6.07, 6.45) is 0. The molecule has 1 heterocycles. The van der Waals surface area contributed by atoms with Crippen molar-refractivity contribution in [2.75, 3.05) is 5.73 Å². The monoisotopic (exact) mass is 317 g/mol. The molecule has 0 atom stereocenters. The van der Waals surface area contributed by atoms with Gasteiger partial charge in [-0.2, -0.15) is 4.98 Å². The molecule has 2 N–H and O–H groups in total. The van der Waals surface area contributed by atoms with Crippen molar-refractivity contribution >= 4 is 29.1 Å². The van der Waals surface area contributed by atoms with Crippen molar-refractivity contribution < 1.29 is 4.52 Å². The lowest BCUT2D eigenvalue weighted by molar-refractivity contribution is 0.425. The zero-order valence-electron chi connectivity index (χ0n) is 11.0. The summed E-state index contributed by atoms with van der Waals surface area (Å²) >= 11 is 7.63. The van der Waals surface area contributed by atoms with Gasteiger partial charge in [0.2, 0.25) is 0 Å². The number of halogens is 1. The SMILES string of the molecule is Nc1cccc(Cl)c1SCc1noc(-c2ccccc2)n1. The highest BCUT2D eigenvalue weighted by atomic mass is 35.5. The molecule has 2 aromatic carbocycles. The van der Waals surface area contributed by atoms with Gasteiger partial charge in [-0.15, -0.1) is 11.8 Å². The molecule has 0 fully saturated rings. The maximum atomic E-state index is 6.13. The molecule has 0 saturated carbocycles. The van der Waals surface area contributed by atoms with Crippen LogP contribution in [0.5, 0.6) is 0 Å². The Morgan fingerprint density at radius 2 is 1.90 bits per heavy atom. The zero-order valence-corrected chi connectivity index (χ0v) is 12.6. The van der Waals surface area contributed by atoms with Gasteiger partial charge in [0.25, 0.3) is 5.89 Å². The van der Waals surface area contributed by atoms with Gasteiger partial charge in [-0.05, 0) is 24.3 Å². The Balaban J connectivity index is 1.74. The molecule has 21 heavy (non-hydrogen) atoms. The molecule has 6 heteroatoms. The quantitative estimate of drug-likeness (QED) is 0.575. The van der Waals surface area contributed by atoms with Crippen LogP contribution >= 0.6 is 23.4 Å². The van der Waals surface area contributed by atoms with Crippen LogP contribution in [0.4, 0.5) is 5.69 Å². The average molecular weight is 318 g/mol. The maximum absolute atomic E-state index is 6.13. The molecule has 0 unspecified atom stereocenters. The third-order valence-electron chi connectivity index (χ3n) is 2.83. The van der Waals surface area contributed by atoms with Crippen molar-refractivity contribution in [2.45, 2.75) is 10.6 Å². The van der Waals surface area contributed by atoms with Crippen LogP contribution in [0.3, 0.4) is 0 Å². The molecule has 0 amide bonds. The van der Waals surface area contributed by atoms with Crippen molar-refractivity contribution in [2.24, 2.45) is 0 Å². The highest BCUT2D eigenvalue weighted by molar-refractivity contribution is 7.98. The second-order valence-corrected chi connectivity index (χ2v) is 5.72. The smallest absolute Gasteiger partial charge is 0.257 e. The summed E-state index contributed by atoms with van der Waals surface area (Å²) in [5.41, 5.74) is 7.47. The van der Waals surface area contributed by atoms with E-state index in [4.69, 9.17) is 21.9 Å². The van der Waals surface area contributed by atoms with Gasteiger partial charge < -0.3 is 10.3 Å². The van der Waals surface area contributed by atoms with Gasteiger partial charge in [-0.3, -0.25) is 0 Å². The minimum absolute atomic E-state index is 0.512. The topological polar surface area (TPSA) is 64.9 Å². The van der Waals surface area contributed by atoms with Gasteiger partial charge in [0.15, 0.2) is 5.82 Å². The summed E-state index contributed by atoms with van der Waals surface area (Å²) in [6, 6.07) is 15.1. The second-order valence-electron chi connectivity index (χ2n) is 4.33. The van der Waals surface area contributed by atoms with E-state index in [1.54, 1.807) is 0 Å². The zero-order chi connectivity index (χ0) is 14.7. The Hall–Kier alpha value is -1.98. The van der Waals surface area contributed by atoms with Gasteiger partial charge in [-0.25, -0.2) is 0 Å². The Morgan fingerprint density at radius 3 is 2.67 bits per heavy atom. The summed E-state index contributed by atoms with van der Waals surface area (Å²) in [5, 5.41) is 4.61. The normalized spacial score (nSPS) is 10.7. The molecule has 0 aliphatic heterocycles. The number of anilines is 1. The van der Waals surface area contributed by atoms with Crippen LogP contribution in [-0.4, -0.2) is 10.1 Å². The standard InChI is InChI=1S/C15H12ClN3OS/c16-11-7-4-8-12(17)14(11)21-9-13-18-15(20-19-13)10-5-2-1-3-6-10/h1-8H,9,17H2. The molecule has 0 radical (unpaired) electrons. The van der Waals surface area contributed by atoms with Gasteiger partial charge in [0.1, 0.15) is 0 Å². The first-order valence-electron chi connectivity index (χ1n) is 6.29. The number of benzene rings is 2. The van der Waals surface area contributed by atoms with E-state index in [9.17, 15) is 0 Å². The van der Waals surface area contributed by atoms with Crippen molar-refractivity contribution in [1.29, 1.82) is 0 Å². The van der Waals surface area contributed by atoms with E-state index < -0.39 is 0 Å². The molecule has 0 saturated heterocycles. The highest BCUT2D eigenvalue weighted by Crippen LogP contribution is 2.34. The number of hydrogen-bond donors (Lipinski definition) is 1. The number of thioether (sulfide) groups is 1. The van der Waals surface area contributed by atoms with E-state index in [1.807, 2.05) is 48.5 Å². The van der Waals surface area contributed by atoms with E-state index in [1.165, 1.54) is 11.8 Å². The van der Waals surface area contributed by atoms with E-state index >= 15 is 0 Å². The number of nitrogens with two attached hydrogens (primary N) is 1. The van der Waals surface area contributed by atoms with Crippen molar-refractivity contribution in [3.05, 3.63) is 59.4 Å². The molecule has 3 rings (SSSR count). The molecule has 1 aromatic heterocycles. The number of hydrogen-bond acceptors (Lipinski definition) is 5. The number of nitrogens with zero attached hydrogens (tertiary/aromatic N) is 2. The molecular formula is C15H12ClN3OS. The Labute approximate surface area is 131 Å². The summed E-state index contributed by atoms with van der Waals surface area (Å²) in [4.78, 5) is 5.21. The van der Waals surface area contributed by atoms with Gasteiger partial charge in [-0.1, -0.05) is 41.0 Å². The summed E-state index contributed by atoms with van der Waals surface area (Å²) in [5.74, 6) is 1.67. The van der Waals surface area contributed by atoms with Crippen molar-refractivity contribution in [1.82, 2.24) is 10.1 Å². The van der Waals surface area contributed by atoms with E-state index in [-0.39, 0.29) is 0 Å². The third kappa shape index (κ3) is 3.20. The number of nitrogen functional groups attached to an aromatic ring is 1. The van der Waals surface area contributed by atoms with Crippen LogP contribution in [0, 0.1) is 0 Å². The minimum Gasteiger partial charge on any atom is -0.398 e. The fourth-order valence-electron chi connectivity index (χ4n) is 1.83. The van der Waals surface area contributed by atoms with Crippen molar-refractivity contribution in [3.63, 3.8) is 0 Å². The molecule has 3 aromatic rings. The predicted molar refractivity (Wildman–Crippen MR) is 85.2 cm³/mol. The molecule has 106 valence electrons. The third-order valence-corrected chi connectivity index (χ3v) is 4.41. The molecular weight excluding hydrogens is 306 g/mol. The van der Waals surface area contributed by atoms with Crippen molar-refractivity contribution in [3.8, 4) is 11.5 Å². The maximum Gasteiger partial charge on any atom is 0.257 e. The van der Waals surface area contributed by atoms with Crippen LogP contribution in [0.1, 0.15) is 5.82 Å². The van der Waals surface area contributed by atoms with Crippen LogP contribution in [0.15, 0.2) is 57.9 Å². The average Bonchev–Trinajstić information content (AvgIpc) is 2.97. The lowest BCUT2D eigenvalue weighted by Crippen LogP contribution is -1.90. The Morgan fingerprint density at radius 1 is 1.10 bits per heavy atom. The Bertz CT molecular complexity index is 725. The van der Waals surface area contributed by atoms with Gasteiger partial charge in [0.05, 0.1) is 10.8 Å². The summed E-state index contributed by atoms with van der Waals surface area (Å²) < 4.78 is 5.26. The number of aromatic nitrogens is 2. The first kappa shape index (κ1) is 14.0. The second kappa shape index (κ2) is 6.20. The van der Waals surface area contributed by atoms with Crippen LogP contribution < -0.4 is 5.73 Å². The fourth-order valence-corrected chi connectivity index (χ4v) is 3.00. The molecule has 0 aliphatic carbocycles.